The van der Waals surface area contributed by atoms with Gasteiger partial charge in [0.2, 0.25) is 0 Å². The second-order valence-electron chi connectivity index (χ2n) is 3.83. The molecule has 1 aromatic heterocycles. The number of rotatable bonds is 3. The molecule has 1 aromatic carbocycles. The molecule has 0 atom stereocenters. The van der Waals surface area contributed by atoms with Crippen molar-refractivity contribution in [2.45, 2.75) is 0 Å². The van der Waals surface area contributed by atoms with E-state index in [1.54, 1.807) is 24.3 Å². The fraction of sp³-hybridized carbons (Fsp3) is 0.0769. The number of urea groups is 1. The second-order valence-corrected chi connectivity index (χ2v) is 3.83. The molecule has 0 aliphatic heterocycles. The predicted molar refractivity (Wildman–Crippen MR) is 74.5 cm³/mol. The average molecular weight is 271 g/mol. The fourth-order valence-corrected chi connectivity index (χ4v) is 1.44. The molecule has 7 heteroatoms. The van der Waals surface area contributed by atoms with Crippen molar-refractivity contribution in [3.63, 3.8) is 0 Å². The first-order valence-corrected chi connectivity index (χ1v) is 5.85. The first-order chi connectivity index (χ1) is 9.69. The maximum absolute atomic E-state index is 11.8. The molecular formula is C13H13N5O2. The molecule has 20 heavy (non-hydrogen) atoms. The van der Waals surface area contributed by atoms with Crippen molar-refractivity contribution in [2.24, 2.45) is 0 Å². The van der Waals surface area contributed by atoms with Gasteiger partial charge in [0, 0.05) is 30.8 Å². The van der Waals surface area contributed by atoms with Gasteiger partial charge < -0.3 is 16.0 Å². The van der Waals surface area contributed by atoms with Crippen LogP contribution < -0.4 is 16.0 Å². The van der Waals surface area contributed by atoms with Gasteiger partial charge in [0.15, 0.2) is 0 Å². The number of nitrogens with one attached hydrogen (secondary N) is 3. The summed E-state index contributed by atoms with van der Waals surface area (Å²) in [7, 11) is 1.53. The van der Waals surface area contributed by atoms with Crippen LogP contribution in [0.15, 0.2) is 42.9 Å². The Morgan fingerprint density at radius 1 is 1.00 bits per heavy atom. The number of amides is 3. The van der Waals surface area contributed by atoms with Crippen LogP contribution in [0.5, 0.6) is 0 Å². The number of hydrogen-bond donors (Lipinski definition) is 3. The summed E-state index contributed by atoms with van der Waals surface area (Å²) < 4.78 is 0. The van der Waals surface area contributed by atoms with E-state index in [0.717, 1.165) is 0 Å². The summed E-state index contributed by atoms with van der Waals surface area (Å²) in [4.78, 5) is 30.7. The summed E-state index contributed by atoms with van der Waals surface area (Å²) >= 11 is 0. The maximum Gasteiger partial charge on any atom is 0.318 e. The van der Waals surface area contributed by atoms with E-state index in [4.69, 9.17) is 0 Å². The molecule has 2 rings (SSSR count). The third-order valence-corrected chi connectivity index (χ3v) is 2.42. The van der Waals surface area contributed by atoms with Gasteiger partial charge in [-0.05, 0) is 24.3 Å². The zero-order chi connectivity index (χ0) is 14.4. The van der Waals surface area contributed by atoms with E-state index in [2.05, 4.69) is 25.9 Å². The number of carbonyl (C=O) groups is 2. The van der Waals surface area contributed by atoms with Gasteiger partial charge in [-0.1, -0.05) is 0 Å². The topological polar surface area (TPSA) is 96.0 Å². The smallest absolute Gasteiger partial charge is 0.318 e. The van der Waals surface area contributed by atoms with E-state index in [0.29, 0.717) is 11.4 Å². The molecule has 0 unspecified atom stereocenters. The molecule has 0 aliphatic carbocycles. The summed E-state index contributed by atoms with van der Waals surface area (Å²) in [6.07, 6.45) is 4.33. The van der Waals surface area contributed by atoms with E-state index in [1.165, 1.54) is 25.6 Å². The Balaban J connectivity index is 2.00. The Hall–Kier alpha value is -2.96. The maximum atomic E-state index is 11.8. The Bertz CT molecular complexity index is 598. The van der Waals surface area contributed by atoms with Crippen LogP contribution in [0.4, 0.5) is 16.2 Å². The Morgan fingerprint density at radius 3 is 2.20 bits per heavy atom. The molecule has 0 fully saturated rings. The van der Waals surface area contributed by atoms with Crippen LogP contribution in [0.3, 0.4) is 0 Å². The van der Waals surface area contributed by atoms with Crippen LogP contribution in [-0.4, -0.2) is 29.0 Å². The van der Waals surface area contributed by atoms with Crippen LogP contribution >= 0.6 is 0 Å². The van der Waals surface area contributed by atoms with Crippen LogP contribution in [0.1, 0.15) is 10.5 Å². The molecule has 0 aliphatic rings. The molecule has 3 amide bonds. The SMILES string of the molecule is CNC(=O)Nc1ccc(NC(=O)c2cnccn2)cc1. The van der Waals surface area contributed by atoms with Crippen LogP contribution in [0.2, 0.25) is 0 Å². The average Bonchev–Trinajstić information content (AvgIpc) is 2.50. The summed E-state index contributed by atoms with van der Waals surface area (Å²) in [5, 5.41) is 7.75. The number of aromatic nitrogens is 2. The number of benzene rings is 1. The lowest BCUT2D eigenvalue weighted by Crippen LogP contribution is -2.24. The molecule has 0 saturated carbocycles. The first-order valence-electron chi connectivity index (χ1n) is 5.85. The first kappa shape index (κ1) is 13.5. The minimum Gasteiger partial charge on any atom is -0.341 e. The number of hydrogen-bond acceptors (Lipinski definition) is 4. The van der Waals surface area contributed by atoms with Gasteiger partial charge >= 0.3 is 6.03 Å². The van der Waals surface area contributed by atoms with Gasteiger partial charge in [0.1, 0.15) is 5.69 Å². The van der Waals surface area contributed by atoms with Gasteiger partial charge in [-0.2, -0.15) is 0 Å². The van der Waals surface area contributed by atoms with Gasteiger partial charge in [-0.25, -0.2) is 9.78 Å². The fourth-order valence-electron chi connectivity index (χ4n) is 1.44. The Kier molecular flexibility index (Phi) is 4.23. The quantitative estimate of drug-likeness (QED) is 0.787. The van der Waals surface area contributed by atoms with Gasteiger partial charge in [0.05, 0.1) is 6.20 Å². The summed E-state index contributed by atoms with van der Waals surface area (Å²) in [6.45, 7) is 0. The zero-order valence-electron chi connectivity index (χ0n) is 10.8. The minimum absolute atomic E-state index is 0.236. The summed E-state index contributed by atoms with van der Waals surface area (Å²) in [6, 6.07) is 6.42. The van der Waals surface area contributed by atoms with Crippen molar-refractivity contribution >= 4 is 23.3 Å². The molecule has 1 heterocycles. The monoisotopic (exact) mass is 271 g/mol. The second kappa shape index (κ2) is 6.28. The predicted octanol–water partition coefficient (Wildman–Crippen LogP) is 1.48. The van der Waals surface area contributed by atoms with E-state index >= 15 is 0 Å². The standard InChI is InChI=1S/C13H13N5O2/c1-14-13(20)18-10-4-2-9(3-5-10)17-12(19)11-8-15-6-7-16-11/h2-8H,1H3,(H,17,19)(H2,14,18,20). The molecule has 0 saturated heterocycles. The van der Waals surface area contributed by atoms with Crippen molar-refractivity contribution in [3.05, 3.63) is 48.5 Å². The third-order valence-electron chi connectivity index (χ3n) is 2.42. The summed E-state index contributed by atoms with van der Waals surface area (Å²) in [5.41, 5.74) is 1.46. The number of carbonyl (C=O) groups excluding carboxylic acids is 2. The largest absolute Gasteiger partial charge is 0.341 e. The van der Waals surface area contributed by atoms with Crippen LogP contribution in [-0.2, 0) is 0 Å². The molecule has 3 N–H and O–H groups in total. The molecule has 0 spiro atoms. The van der Waals surface area contributed by atoms with Crippen molar-refractivity contribution < 1.29 is 9.59 Å². The normalized spacial score (nSPS) is 9.65. The Morgan fingerprint density at radius 2 is 1.65 bits per heavy atom. The van der Waals surface area contributed by atoms with E-state index in [-0.39, 0.29) is 17.6 Å². The minimum atomic E-state index is -0.342. The lowest BCUT2D eigenvalue weighted by atomic mass is 10.2. The Labute approximate surface area is 115 Å². The van der Waals surface area contributed by atoms with Gasteiger partial charge in [0.25, 0.3) is 5.91 Å². The lowest BCUT2D eigenvalue weighted by Gasteiger charge is -2.07. The molecule has 7 nitrogen and oxygen atoms in total. The molecule has 0 bridgehead atoms. The van der Waals surface area contributed by atoms with Crippen LogP contribution in [0, 0.1) is 0 Å². The van der Waals surface area contributed by atoms with Gasteiger partial charge in [-0.15, -0.1) is 0 Å². The lowest BCUT2D eigenvalue weighted by molar-refractivity contribution is 0.102. The summed E-state index contributed by atoms with van der Waals surface area (Å²) in [5.74, 6) is -0.342. The zero-order valence-corrected chi connectivity index (χ0v) is 10.8. The van der Waals surface area contributed by atoms with Crippen LogP contribution in [0.25, 0.3) is 0 Å². The number of anilines is 2. The van der Waals surface area contributed by atoms with Crippen molar-refractivity contribution in [1.82, 2.24) is 15.3 Å². The molecule has 2 aromatic rings. The molecule has 102 valence electrons. The highest BCUT2D eigenvalue weighted by Gasteiger charge is 2.07. The highest BCUT2D eigenvalue weighted by atomic mass is 16.2. The highest BCUT2D eigenvalue weighted by Crippen LogP contribution is 2.14. The third kappa shape index (κ3) is 3.52. The highest BCUT2D eigenvalue weighted by molar-refractivity contribution is 6.02. The number of nitrogens with zero attached hydrogens (tertiary/aromatic N) is 2. The van der Waals surface area contributed by atoms with E-state index in [9.17, 15) is 9.59 Å². The van der Waals surface area contributed by atoms with Crippen molar-refractivity contribution in [3.8, 4) is 0 Å². The molecular weight excluding hydrogens is 258 g/mol. The molecule has 0 radical (unpaired) electrons. The van der Waals surface area contributed by atoms with E-state index < -0.39 is 0 Å². The van der Waals surface area contributed by atoms with Crippen molar-refractivity contribution in [1.29, 1.82) is 0 Å². The van der Waals surface area contributed by atoms with Crippen molar-refractivity contribution in [2.75, 3.05) is 17.7 Å². The van der Waals surface area contributed by atoms with Gasteiger partial charge in [-0.3, -0.25) is 9.78 Å². The van der Waals surface area contributed by atoms with E-state index in [1.807, 2.05) is 0 Å².